The fraction of sp³-hybridized carbons (Fsp3) is 0.450. The van der Waals surface area contributed by atoms with Crippen LogP contribution in [0.5, 0.6) is 0 Å². The van der Waals surface area contributed by atoms with Crippen LogP contribution in [-0.4, -0.2) is 58.7 Å². The summed E-state index contributed by atoms with van der Waals surface area (Å²) in [5.74, 6) is -0.546. The summed E-state index contributed by atoms with van der Waals surface area (Å²) in [6, 6.07) is 5.83. The molecule has 29 heavy (non-hydrogen) atoms. The van der Waals surface area contributed by atoms with E-state index in [0.29, 0.717) is 18.8 Å². The third-order valence-electron chi connectivity index (χ3n) is 5.03. The number of aromatic nitrogens is 2. The maximum Gasteiger partial charge on any atom is 0.416 e. The molecule has 3 rings (SSSR count). The number of likely N-dealkylation sites (N-methyl/N-ethyl adjacent to an activating group) is 1. The van der Waals surface area contributed by atoms with E-state index in [1.165, 1.54) is 27.8 Å². The summed E-state index contributed by atoms with van der Waals surface area (Å²) in [5.41, 5.74) is -1.22. The van der Waals surface area contributed by atoms with Crippen LogP contribution in [0.3, 0.4) is 0 Å². The molecule has 6 nitrogen and oxygen atoms in total. The highest BCUT2D eigenvalue weighted by molar-refractivity contribution is 5.91. The highest BCUT2D eigenvalue weighted by Crippen LogP contribution is 2.30. The van der Waals surface area contributed by atoms with E-state index >= 15 is 0 Å². The molecule has 0 radical (unpaired) electrons. The van der Waals surface area contributed by atoms with E-state index in [1.807, 2.05) is 0 Å². The van der Waals surface area contributed by atoms with Crippen molar-refractivity contribution in [2.45, 2.75) is 25.9 Å². The molecular formula is C20H23F3N4O2. The summed E-state index contributed by atoms with van der Waals surface area (Å²) in [4.78, 5) is 28.8. The Bertz CT molecular complexity index is 949. The van der Waals surface area contributed by atoms with E-state index in [4.69, 9.17) is 0 Å². The number of halogens is 3. The summed E-state index contributed by atoms with van der Waals surface area (Å²) in [5, 5.41) is 4.10. The minimum Gasteiger partial charge on any atom is -0.339 e. The minimum atomic E-state index is -4.50. The van der Waals surface area contributed by atoms with Gasteiger partial charge in [0.25, 0.3) is 5.91 Å². The highest BCUT2D eigenvalue weighted by Gasteiger charge is 2.30. The van der Waals surface area contributed by atoms with E-state index in [9.17, 15) is 22.8 Å². The quantitative estimate of drug-likeness (QED) is 0.764. The minimum absolute atomic E-state index is 0.131. The van der Waals surface area contributed by atoms with Crippen LogP contribution in [0.25, 0.3) is 5.69 Å². The number of rotatable bonds is 5. The second-order valence-electron chi connectivity index (χ2n) is 7.23. The van der Waals surface area contributed by atoms with Gasteiger partial charge in [0.1, 0.15) is 0 Å². The number of alkyl halides is 3. The lowest BCUT2D eigenvalue weighted by Gasteiger charge is -2.21. The summed E-state index contributed by atoms with van der Waals surface area (Å²) < 4.78 is 40.3. The maximum absolute atomic E-state index is 13.0. The molecule has 0 aliphatic carbocycles. The molecule has 0 bridgehead atoms. The van der Waals surface area contributed by atoms with Crippen LogP contribution >= 0.6 is 0 Å². The van der Waals surface area contributed by atoms with Crippen molar-refractivity contribution in [3.63, 3.8) is 0 Å². The van der Waals surface area contributed by atoms with Crippen LogP contribution in [0.1, 0.15) is 34.6 Å². The molecule has 0 unspecified atom stereocenters. The monoisotopic (exact) mass is 408 g/mol. The standard InChI is InChI=1S/C20H23F3N4O2/c1-14-12-17(28)18(19(29)25(2)10-11-26-8-3-4-9-26)24-27(14)16-7-5-6-15(13-16)20(21,22)23/h5-7,12-13H,3-4,8-11H2,1-2H3. The number of carbonyl (C=O) groups is 1. The number of hydrogen-bond acceptors (Lipinski definition) is 4. The summed E-state index contributed by atoms with van der Waals surface area (Å²) in [7, 11) is 1.59. The first kappa shape index (κ1) is 21.0. The Kier molecular flexibility index (Phi) is 6.07. The number of carbonyl (C=O) groups excluding carboxylic acids is 1. The zero-order valence-corrected chi connectivity index (χ0v) is 16.4. The first-order chi connectivity index (χ1) is 13.7. The topological polar surface area (TPSA) is 58.4 Å². The molecule has 0 N–H and O–H groups in total. The van der Waals surface area contributed by atoms with Gasteiger partial charge < -0.3 is 9.80 Å². The molecule has 0 spiro atoms. The first-order valence-corrected chi connectivity index (χ1v) is 9.43. The van der Waals surface area contributed by atoms with Crippen LogP contribution in [0, 0.1) is 6.92 Å². The van der Waals surface area contributed by atoms with Gasteiger partial charge in [-0.1, -0.05) is 6.07 Å². The van der Waals surface area contributed by atoms with Gasteiger partial charge in [0.05, 0.1) is 11.3 Å². The maximum atomic E-state index is 13.0. The van der Waals surface area contributed by atoms with Crippen molar-refractivity contribution in [2.24, 2.45) is 0 Å². The van der Waals surface area contributed by atoms with E-state index in [0.717, 1.165) is 38.1 Å². The highest BCUT2D eigenvalue weighted by atomic mass is 19.4. The second-order valence-corrected chi connectivity index (χ2v) is 7.23. The Hall–Kier alpha value is -2.68. The lowest BCUT2D eigenvalue weighted by atomic mass is 10.2. The molecule has 9 heteroatoms. The lowest BCUT2D eigenvalue weighted by Crippen LogP contribution is -2.38. The zero-order valence-electron chi connectivity index (χ0n) is 16.4. The Labute approximate surface area is 166 Å². The van der Waals surface area contributed by atoms with Gasteiger partial charge in [-0.25, -0.2) is 4.68 Å². The molecule has 1 amide bonds. The number of aryl methyl sites for hydroxylation is 1. The van der Waals surface area contributed by atoms with E-state index in [-0.39, 0.29) is 11.4 Å². The number of nitrogens with zero attached hydrogens (tertiary/aromatic N) is 4. The van der Waals surface area contributed by atoms with Crippen molar-refractivity contribution >= 4 is 5.91 Å². The van der Waals surface area contributed by atoms with Gasteiger partial charge in [0, 0.05) is 31.9 Å². The van der Waals surface area contributed by atoms with Crippen molar-refractivity contribution in [1.29, 1.82) is 0 Å². The molecule has 0 saturated carbocycles. The van der Waals surface area contributed by atoms with Gasteiger partial charge in [0.2, 0.25) is 5.43 Å². The Morgan fingerprint density at radius 1 is 1.21 bits per heavy atom. The number of amides is 1. The third-order valence-corrected chi connectivity index (χ3v) is 5.03. The van der Waals surface area contributed by atoms with Crippen LogP contribution in [0.4, 0.5) is 13.2 Å². The van der Waals surface area contributed by atoms with E-state index in [2.05, 4.69) is 10.00 Å². The Balaban J connectivity index is 1.87. The molecule has 156 valence electrons. The average Bonchev–Trinajstić information content (AvgIpc) is 3.19. The first-order valence-electron chi connectivity index (χ1n) is 9.43. The molecular weight excluding hydrogens is 385 g/mol. The van der Waals surface area contributed by atoms with Gasteiger partial charge >= 0.3 is 6.18 Å². The largest absolute Gasteiger partial charge is 0.416 e. The van der Waals surface area contributed by atoms with Crippen LogP contribution < -0.4 is 5.43 Å². The molecule has 1 aromatic heterocycles. The van der Waals surface area contributed by atoms with Crippen LogP contribution in [0.15, 0.2) is 35.1 Å². The summed E-state index contributed by atoms with van der Waals surface area (Å²) >= 11 is 0. The third kappa shape index (κ3) is 4.84. The smallest absolute Gasteiger partial charge is 0.339 e. The number of benzene rings is 1. The van der Waals surface area contributed by atoms with Crippen molar-refractivity contribution in [1.82, 2.24) is 19.6 Å². The molecule has 2 heterocycles. The summed E-state index contributed by atoms with van der Waals surface area (Å²) in [6.45, 7) is 4.69. The fourth-order valence-electron chi connectivity index (χ4n) is 3.35. The molecule has 1 aliphatic rings. The lowest BCUT2D eigenvalue weighted by molar-refractivity contribution is -0.137. The second kappa shape index (κ2) is 8.36. The van der Waals surface area contributed by atoms with E-state index in [1.54, 1.807) is 14.0 Å². The Morgan fingerprint density at radius 3 is 2.55 bits per heavy atom. The van der Waals surface area contributed by atoms with Crippen molar-refractivity contribution < 1.29 is 18.0 Å². The van der Waals surface area contributed by atoms with Gasteiger partial charge in [0.15, 0.2) is 5.69 Å². The van der Waals surface area contributed by atoms with Crippen LogP contribution in [0.2, 0.25) is 0 Å². The normalized spacial score (nSPS) is 14.9. The average molecular weight is 408 g/mol. The molecule has 2 aromatic rings. The van der Waals surface area contributed by atoms with Gasteiger partial charge in [-0.05, 0) is 51.1 Å². The van der Waals surface area contributed by atoms with Crippen LogP contribution in [-0.2, 0) is 6.18 Å². The molecule has 1 fully saturated rings. The van der Waals surface area contributed by atoms with Gasteiger partial charge in [-0.2, -0.15) is 18.3 Å². The van der Waals surface area contributed by atoms with Crippen molar-refractivity contribution in [2.75, 3.05) is 33.2 Å². The van der Waals surface area contributed by atoms with E-state index < -0.39 is 23.1 Å². The number of likely N-dealkylation sites (tertiary alicyclic amines) is 1. The molecule has 0 atom stereocenters. The summed E-state index contributed by atoms with van der Waals surface area (Å²) in [6.07, 6.45) is -2.23. The van der Waals surface area contributed by atoms with Gasteiger partial charge in [-0.3, -0.25) is 9.59 Å². The fourth-order valence-corrected chi connectivity index (χ4v) is 3.35. The predicted molar refractivity (Wildman–Crippen MR) is 102 cm³/mol. The van der Waals surface area contributed by atoms with Crippen molar-refractivity contribution in [3.05, 3.63) is 57.5 Å². The zero-order chi connectivity index (χ0) is 21.2. The molecule has 1 saturated heterocycles. The molecule has 1 aliphatic heterocycles. The molecule has 1 aromatic carbocycles. The number of hydrogen-bond donors (Lipinski definition) is 0. The SMILES string of the molecule is Cc1cc(=O)c(C(=O)N(C)CCN2CCCC2)nn1-c1cccc(C(F)(F)F)c1. The van der Waals surface area contributed by atoms with Gasteiger partial charge in [-0.15, -0.1) is 0 Å². The predicted octanol–water partition coefficient (Wildman–Crippen LogP) is 2.73. The van der Waals surface area contributed by atoms with Crippen molar-refractivity contribution in [3.8, 4) is 5.69 Å². The Morgan fingerprint density at radius 2 is 1.90 bits per heavy atom.